The summed E-state index contributed by atoms with van der Waals surface area (Å²) in [7, 11) is -1.92. The van der Waals surface area contributed by atoms with Crippen molar-refractivity contribution in [2.24, 2.45) is 0 Å². The highest BCUT2D eigenvalue weighted by Crippen LogP contribution is 2.28. The summed E-state index contributed by atoms with van der Waals surface area (Å²) in [6.45, 7) is 5.72. The van der Waals surface area contributed by atoms with Crippen LogP contribution < -0.4 is 4.89 Å². The Morgan fingerprint density at radius 2 is 0.500 bits per heavy atom. The summed E-state index contributed by atoms with van der Waals surface area (Å²) < 4.78 is 10.7. The Balaban J connectivity index is 3.13. The second-order valence-corrected chi connectivity index (χ2v) is 12.8. The average Bonchev–Trinajstić information content (AvgIpc) is 2.92. The van der Waals surface area contributed by atoms with Crippen LogP contribution in [-0.2, 0) is 9.05 Å². The van der Waals surface area contributed by atoms with E-state index in [-0.39, 0.29) is 0 Å². The van der Waals surface area contributed by atoms with Crippen LogP contribution in [0.25, 0.3) is 0 Å². The molecule has 0 aromatic rings. The van der Waals surface area contributed by atoms with Gasteiger partial charge in [0, 0.05) is 0 Å². The van der Waals surface area contributed by atoms with Gasteiger partial charge in [-0.15, -0.1) is 0 Å². The zero-order valence-electron chi connectivity index (χ0n) is 26.3. The molecule has 0 rings (SSSR count). The number of hydrogen-bond acceptors (Lipinski definition) is 3. The van der Waals surface area contributed by atoms with Crippen molar-refractivity contribution < 1.29 is 13.9 Å². The molecule has 0 aliphatic heterocycles. The van der Waals surface area contributed by atoms with E-state index in [1.807, 2.05) is 0 Å². The third kappa shape index (κ3) is 34.3. The van der Waals surface area contributed by atoms with Crippen LogP contribution in [0.1, 0.15) is 206 Å². The van der Waals surface area contributed by atoms with E-state index in [2.05, 4.69) is 13.8 Å². The lowest BCUT2D eigenvalue weighted by atomic mass is 10.0. The first kappa shape index (κ1) is 38.3. The molecule has 0 N–H and O–H groups in total. The van der Waals surface area contributed by atoms with Gasteiger partial charge in [-0.25, -0.2) is 0 Å². The number of unbranched alkanes of at least 4 members (excludes halogenated alkanes) is 28. The van der Waals surface area contributed by atoms with E-state index >= 15 is 0 Å². The minimum Gasteiger partial charge on any atom is -0.786 e. The quantitative estimate of drug-likeness (QED) is 0.0583. The smallest absolute Gasteiger partial charge is 0.0828 e. The van der Waals surface area contributed by atoms with Crippen LogP contribution in [0.5, 0.6) is 0 Å². The van der Waals surface area contributed by atoms with Crippen LogP contribution in [0.2, 0.25) is 0 Å². The SMILES string of the molecule is CCCCCCCCCCCCCCCCCOP([O-])OCCCCCCCCCCCCCCCCC. The third-order valence-corrected chi connectivity index (χ3v) is 8.68. The molecule has 0 aliphatic rings. The Labute approximate surface area is 242 Å². The van der Waals surface area contributed by atoms with Crippen LogP contribution >= 0.6 is 8.60 Å². The molecule has 0 unspecified atom stereocenters. The second-order valence-electron chi connectivity index (χ2n) is 11.8. The van der Waals surface area contributed by atoms with Gasteiger partial charge in [0.2, 0.25) is 0 Å². The average molecular weight is 558 g/mol. The van der Waals surface area contributed by atoms with Crippen LogP contribution in [0.3, 0.4) is 0 Å². The largest absolute Gasteiger partial charge is 0.786 e. The molecule has 38 heavy (non-hydrogen) atoms. The normalized spacial score (nSPS) is 11.7. The van der Waals surface area contributed by atoms with E-state index in [1.54, 1.807) is 0 Å². The molecular formula is C34H70O3P-. The molecule has 230 valence electrons. The lowest BCUT2D eigenvalue weighted by Gasteiger charge is -2.22. The van der Waals surface area contributed by atoms with Gasteiger partial charge in [0.25, 0.3) is 0 Å². The molecule has 0 aromatic carbocycles. The van der Waals surface area contributed by atoms with E-state index in [0.717, 1.165) is 12.8 Å². The van der Waals surface area contributed by atoms with Crippen molar-refractivity contribution in [3.8, 4) is 0 Å². The first-order valence-corrected chi connectivity index (χ1v) is 18.6. The fourth-order valence-electron chi connectivity index (χ4n) is 5.26. The molecule has 0 aromatic heterocycles. The molecule has 0 saturated heterocycles. The van der Waals surface area contributed by atoms with Gasteiger partial charge in [-0.1, -0.05) is 194 Å². The fourth-order valence-corrected chi connectivity index (χ4v) is 5.89. The summed E-state index contributed by atoms with van der Waals surface area (Å²) >= 11 is 0. The summed E-state index contributed by atoms with van der Waals surface area (Å²) in [6.07, 6.45) is 40.7. The maximum absolute atomic E-state index is 11.8. The summed E-state index contributed by atoms with van der Waals surface area (Å²) in [6, 6.07) is 0. The van der Waals surface area contributed by atoms with Crippen molar-refractivity contribution in [3.05, 3.63) is 0 Å². The monoisotopic (exact) mass is 558 g/mol. The topological polar surface area (TPSA) is 41.5 Å². The molecule has 3 nitrogen and oxygen atoms in total. The molecule has 0 heterocycles. The van der Waals surface area contributed by atoms with E-state index in [4.69, 9.17) is 9.05 Å². The molecule has 0 radical (unpaired) electrons. The number of hydrogen-bond donors (Lipinski definition) is 0. The molecule has 0 amide bonds. The molecule has 0 spiro atoms. The Kier molecular flexibility index (Phi) is 35.6. The lowest BCUT2D eigenvalue weighted by Crippen LogP contribution is -2.05. The van der Waals surface area contributed by atoms with Crippen molar-refractivity contribution in [1.29, 1.82) is 0 Å². The van der Waals surface area contributed by atoms with Gasteiger partial charge in [-0.05, 0) is 12.8 Å². The van der Waals surface area contributed by atoms with Crippen LogP contribution in [0, 0.1) is 0 Å². The minimum atomic E-state index is -1.92. The standard InChI is InChI=1S/C34H70O3P/c1-3-5-7-9-11-13-15-17-19-21-23-25-27-29-31-33-36-38(35)37-34-32-30-28-26-24-22-20-18-16-14-12-10-8-6-4-2/h3-34H2,1-2H3/q-1. The maximum Gasteiger partial charge on any atom is 0.0828 e. The maximum atomic E-state index is 11.8. The summed E-state index contributed by atoms with van der Waals surface area (Å²) in [4.78, 5) is 11.8. The van der Waals surface area contributed by atoms with Gasteiger partial charge < -0.3 is 13.9 Å². The van der Waals surface area contributed by atoms with E-state index in [0.29, 0.717) is 13.2 Å². The Morgan fingerprint density at radius 3 is 0.711 bits per heavy atom. The molecule has 0 bridgehead atoms. The Bertz CT molecular complexity index is 371. The van der Waals surface area contributed by atoms with Crippen molar-refractivity contribution >= 4 is 8.60 Å². The number of rotatable bonds is 34. The highest BCUT2D eigenvalue weighted by atomic mass is 31.2. The zero-order chi connectivity index (χ0) is 27.6. The fraction of sp³-hybridized carbons (Fsp3) is 1.00. The molecule has 0 saturated carbocycles. The van der Waals surface area contributed by atoms with Gasteiger partial charge in [-0.3, -0.25) is 0 Å². The van der Waals surface area contributed by atoms with E-state index in [1.165, 1.54) is 180 Å². The zero-order valence-corrected chi connectivity index (χ0v) is 27.2. The van der Waals surface area contributed by atoms with Crippen molar-refractivity contribution in [1.82, 2.24) is 0 Å². The lowest BCUT2D eigenvalue weighted by molar-refractivity contribution is -0.204. The van der Waals surface area contributed by atoms with E-state index in [9.17, 15) is 4.89 Å². The third-order valence-electron chi connectivity index (χ3n) is 7.89. The Hall–Kier alpha value is 0.310. The molecule has 0 fully saturated rings. The van der Waals surface area contributed by atoms with Gasteiger partial charge in [0.15, 0.2) is 0 Å². The molecule has 0 atom stereocenters. The predicted octanol–water partition coefficient (Wildman–Crippen LogP) is 12.3. The van der Waals surface area contributed by atoms with E-state index < -0.39 is 8.60 Å². The van der Waals surface area contributed by atoms with Gasteiger partial charge in [0.1, 0.15) is 0 Å². The van der Waals surface area contributed by atoms with Crippen molar-refractivity contribution in [3.63, 3.8) is 0 Å². The van der Waals surface area contributed by atoms with Crippen LogP contribution in [0.4, 0.5) is 0 Å². The Morgan fingerprint density at radius 1 is 0.316 bits per heavy atom. The predicted molar refractivity (Wildman–Crippen MR) is 169 cm³/mol. The van der Waals surface area contributed by atoms with Crippen molar-refractivity contribution in [2.75, 3.05) is 13.2 Å². The van der Waals surface area contributed by atoms with Gasteiger partial charge >= 0.3 is 0 Å². The summed E-state index contributed by atoms with van der Waals surface area (Å²) in [5.74, 6) is 0. The highest BCUT2D eigenvalue weighted by Gasteiger charge is 1.99. The minimum absolute atomic E-state index is 0.576. The first-order valence-electron chi connectivity index (χ1n) is 17.5. The molecule has 4 heteroatoms. The first-order chi connectivity index (χ1) is 18.8. The van der Waals surface area contributed by atoms with Crippen LogP contribution in [-0.4, -0.2) is 13.2 Å². The van der Waals surface area contributed by atoms with Crippen LogP contribution in [0.15, 0.2) is 0 Å². The summed E-state index contributed by atoms with van der Waals surface area (Å²) in [5, 5.41) is 0. The van der Waals surface area contributed by atoms with Gasteiger partial charge in [0.05, 0.1) is 21.8 Å². The van der Waals surface area contributed by atoms with Crippen molar-refractivity contribution in [2.45, 2.75) is 206 Å². The highest BCUT2D eigenvalue weighted by molar-refractivity contribution is 7.39. The van der Waals surface area contributed by atoms with Gasteiger partial charge in [-0.2, -0.15) is 0 Å². The molecular weight excluding hydrogens is 487 g/mol. The summed E-state index contributed by atoms with van der Waals surface area (Å²) in [5.41, 5.74) is 0. The molecule has 0 aliphatic carbocycles. The second kappa shape index (κ2) is 35.3.